The predicted molar refractivity (Wildman–Crippen MR) is 121 cm³/mol. The summed E-state index contributed by atoms with van der Waals surface area (Å²) in [5.74, 6) is -1.37. The van der Waals surface area contributed by atoms with Crippen molar-refractivity contribution in [3.8, 4) is 0 Å². The number of aromatic nitrogens is 2. The largest absolute Gasteiger partial charge is 0.425 e. The molecule has 14 heteroatoms. The van der Waals surface area contributed by atoms with Crippen LogP contribution in [-0.2, 0) is 39.7 Å². The lowest BCUT2D eigenvalue weighted by Gasteiger charge is -2.38. The van der Waals surface area contributed by atoms with E-state index in [0.717, 1.165) is 40.7 Å². The normalized spacial score (nSPS) is 17.8. The van der Waals surface area contributed by atoms with Crippen molar-refractivity contribution in [2.75, 3.05) is 4.31 Å². The Morgan fingerprint density at radius 2 is 1.81 bits per heavy atom. The lowest BCUT2D eigenvalue weighted by Crippen LogP contribution is -2.45. The van der Waals surface area contributed by atoms with Gasteiger partial charge < -0.3 is 15.3 Å². The van der Waals surface area contributed by atoms with Crippen molar-refractivity contribution in [3.05, 3.63) is 71.2 Å². The quantitative estimate of drug-likeness (QED) is 0.438. The van der Waals surface area contributed by atoms with E-state index in [2.05, 4.69) is 10.2 Å². The van der Waals surface area contributed by atoms with Crippen LogP contribution < -0.4 is 10.0 Å². The molecule has 0 fully saturated rings. The molecule has 4 rings (SSSR count). The number of carbonyl (C=O) groups is 1. The second-order valence-corrected chi connectivity index (χ2v) is 10.6. The maximum absolute atomic E-state index is 13.7. The van der Waals surface area contributed by atoms with E-state index in [1.165, 1.54) is 6.07 Å². The molecular formula is C23H22F4N4O5S. The number of amides is 1. The molecule has 0 aliphatic carbocycles. The van der Waals surface area contributed by atoms with Crippen LogP contribution in [0.4, 0.5) is 23.2 Å². The van der Waals surface area contributed by atoms with Crippen molar-refractivity contribution in [3.63, 3.8) is 0 Å². The number of rotatable bonds is 7. The van der Waals surface area contributed by atoms with E-state index in [4.69, 9.17) is 10.2 Å². The Labute approximate surface area is 209 Å². The number of anilines is 1. The highest BCUT2D eigenvalue weighted by atomic mass is 32.2. The number of hydrogen-bond donors (Lipinski definition) is 2. The van der Waals surface area contributed by atoms with Crippen molar-refractivity contribution in [1.82, 2.24) is 10.2 Å². The lowest BCUT2D eigenvalue weighted by atomic mass is 9.89. The SMILES string of the molecule is CC(O)(c1ccc2c(c1)CC[C@@H](Cc1nnc(CC(N)=O)o1)N2S(=O)(=O)c1ccc(F)cc1)C(F)(F)F. The number of aryl methyl sites for hydroxylation is 1. The average molecular weight is 543 g/mol. The molecule has 0 bridgehead atoms. The number of sulfonamides is 1. The van der Waals surface area contributed by atoms with Crippen LogP contribution in [0, 0.1) is 5.82 Å². The van der Waals surface area contributed by atoms with E-state index in [-0.39, 0.29) is 53.6 Å². The first kappa shape index (κ1) is 26.5. The highest BCUT2D eigenvalue weighted by Crippen LogP contribution is 2.42. The van der Waals surface area contributed by atoms with Gasteiger partial charge >= 0.3 is 6.18 Å². The predicted octanol–water partition coefficient (Wildman–Crippen LogP) is 2.76. The van der Waals surface area contributed by atoms with Crippen molar-refractivity contribution in [1.29, 1.82) is 0 Å². The van der Waals surface area contributed by atoms with E-state index in [1.54, 1.807) is 0 Å². The zero-order valence-electron chi connectivity index (χ0n) is 19.4. The van der Waals surface area contributed by atoms with Gasteiger partial charge in [-0.05, 0) is 61.2 Å². The zero-order chi connectivity index (χ0) is 27.2. The molecule has 9 nitrogen and oxygen atoms in total. The summed E-state index contributed by atoms with van der Waals surface area (Å²) in [6.07, 6.45) is -5.01. The summed E-state index contributed by atoms with van der Waals surface area (Å²) in [7, 11) is -4.33. The van der Waals surface area contributed by atoms with Crippen LogP contribution in [0.25, 0.3) is 0 Å². The van der Waals surface area contributed by atoms with Gasteiger partial charge in [-0.3, -0.25) is 9.10 Å². The van der Waals surface area contributed by atoms with Crippen LogP contribution in [0.5, 0.6) is 0 Å². The molecule has 1 aromatic heterocycles. The van der Waals surface area contributed by atoms with Crippen LogP contribution in [-0.4, -0.2) is 41.8 Å². The van der Waals surface area contributed by atoms with E-state index in [9.17, 15) is 35.9 Å². The third-order valence-electron chi connectivity index (χ3n) is 6.12. The van der Waals surface area contributed by atoms with Crippen LogP contribution in [0.15, 0.2) is 51.8 Å². The van der Waals surface area contributed by atoms with Crippen molar-refractivity contribution in [2.45, 2.75) is 55.3 Å². The molecule has 2 heterocycles. The number of aliphatic hydroxyl groups is 1. The molecule has 0 saturated carbocycles. The van der Waals surface area contributed by atoms with Gasteiger partial charge in [0.15, 0.2) is 5.60 Å². The minimum absolute atomic E-state index is 0.0284. The summed E-state index contributed by atoms with van der Waals surface area (Å²) in [4.78, 5) is 10.9. The molecule has 3 N–H and O–H groups in total. The van der Waals surface area contributed by atoms with Crippen LogP contribution >= 0.6 is 0 Å². The average Bonchev–Trinajstić information content (AvgIpc) is 3.23. The van der Waals surface area contributed by atoms with Gasteiger partial charge in [-0.25, -0.2) is 12.8 Å². The fraction of sp³-hybridized carbons (Fsp3) is 0.348. The van der Waals surface area contributed by atoms with Crippen molar-refractivity contribution < 1.29 is 40.3 Å². The maximum Gasteiger partial charge on any atom is 0.421 e. The molecule has 37 heavy (non-hydrogen) atoms. The summed E-state index contributed by atoms with van der Waals surface area (Å²) in [6.45, 7) is 0.618. The molecule has 1 aliphatic rings. The molecule has 2 atom stereocenters. The van der Waals surface area contributed by atoms with Crippen molar-refractivity contribution >= 4 is 21.6 Å². The minimum Gasteiger partial charge on any atom is -0.425 e. The van der Waals surface area contributed by atoms with E-state index in [0.29, 0.717) is 6.92 Å². The third kappa shape index (κ3) is 5.16. The Morgan fingerprint density at radius 3 is 2.43 bits per heavy atom. The number of alkyl halides is 3. The Hall–Kier alpha value is -3.52. The number of nitrogens with zero attached hydrogens (tertiary/aromatic N) is 3. The molecule has 3 aromatic rings. The van der Waals surface area contributed by atoms with Gasteiger partial charge in [-0.1, -0.05) is 12.1 Å². The number of benzene rings is 2. The Kier molecular flexibility index (Phi) is 6.75. The summed E-state index contributed by atoms with van der Waals surface area (Å²) in [5.41, 5.74) is 1.90. The Bertz CT molecular complexity index is 1420. The van der Waals surface area contributed by atoms with Gasteiger partial charge in [-0.15, -0.1) is 10.2 Å². The third-order valence-corrected chi connectivity index (χ3v) is 8.01. The second kappa shape index (κ2) is 9.41. The van der Waals surface area contributed by atoms with E-state index >= 15 is 0 Å². The zero-order valence-corrected chi connectivity index (χ0v) is 20.2. The van der Waals surface area contributed by atoms with Gasteiger partial charge in [-0.2, -0.15) is 13.2 Å². The summed E-state index contributed by atoms with van der Waals surface area (Å²) in [5, 5.41) is 17.7. The number of halogens is 4. The fourth-order valence-corrected chi connectivity index (χ4v) is 5.84. The topological polar surface area (TPSA) is 140 Å². The summed E-state index contributed by atoms with van der Waals surface area (Å²) in [6, 6.07) is 6.65. The molecular weight excluding hydrogens is 520 g/mol. The number of hydrogen-bond acceptors (Lipinski definition) is 7. The number of fused-ring (bicyclic) bond motifs is 1. The van der Waals surface area contributed by atoms with Gasteiger partial charge in [0, 0.05) is 6.42 Å². The first-order valence-corrected chi connectivity index (χ1v) is 12.5. The fourth-order valence-electron chi connectivity index (χ4n) is 4.13. The maximum atomic E-state index is 13.7. The molecule has 198 valence electrons. The number of primary amides is 1. The molecule has 1 amide bonds. The van der Waals surface area contributed by atoms with Crippen LogP contribution in [0.1, 0.15) is 36.3 Å². The molecule has 1 unspecified atom stereocenters. The minimum atomic E-state index is -4.96. The summed E-state index contributed by atoms with van der Waals surface area (Å²) >= 11 is 0. The molecule has 0 radical (unpaired) electrons. The van der Waals surface area contributed by atoms with E-state index in [1.807, 2.05) is 0 Å². The summed E-state index contributed by atoms with van der Waals surface area (Å²) < 4.78 is 87.6. The second-order valence-electron chi connectivity index (χ2n) is 8.80. The number of carbonyl (C=O) groups excluding carboxylic acids is 1. The molecule has 0 saturated heterocycles. The standard InChI is InChI=1S/C23H22F4N4O5S/c1-22(33,23(25,26)27)14-3-9-18-13(10-14)2-6-16(11-20-29-30-21(36-20)12-19(28)32)31(18)37(34,35)17-7-4-15(24)5-8-17/h3-5,7-10,16,33H,2,6,11-12H2,1H3,(H2,28,32)/t16-,22?/m0/s1. The monoisotopic (exact) mass is 542 g/mol. The lowest BCUT2D eigenvalue weighted by molar-refractivity contribution is -0.258. The molecule has 0 spiro atoms. The number of nitrogens with two attached hydrogens (primary N) is 1. The molecule has 2 aromatic carbocycles. The Balaban J connectivity index is 1.78. The van der Waals surface area contributed by atoms with Crippen LogP contribution in [0.3, 0.4) is 0 Å². The molecule has 1 aliphatic heterocycles. The highest BCUT2D eigenvalue weighted by molar-refractivity contribution is 7.92. The van der Waals surface area contributed by atoms with E-state index < -0.39 is 45.1 Å². The smallest absolute Gasteiger partial charge is 0.421 e. The van der Waals surface area contributed by atoms with Crippen molar-refractivity contribution in [2.24, 2.45) is 5.73 Å². The first-order valence-electron chi connectivity index (χ1n) is 11.0. The van der Waals surface area contributed by atoms with Gasteiger partial charge in [0.1, 0.15) is 12.2 Å². The Morgan fingerprint density at radius 1 is 1.16 bits per heavy atom. The van der Waals surface area contributed by atoms with Crippen LogP contribution in [0.2, 0.25) is 0 Å². The van der Waals surface area contributed by atoms with Gasteiger partial charge in [0.05, 0.1) is 16.6 Å². The highest BCUT2D eigenvalue weighted by Gasteiger charge is 2.51. The first-order chi connectivity index (χ1) is 17.2. The van der Waals surface area contributed by atoms with Gasteiger partial charge in [0.25, 0.3) is 10.0 Å². The van der Waals surface area contributed by atoms with Gasteiger partial charge in [0.2, 0.25) is 17.7 Å².